The molecule has 0 spiro atoms. The third kappa shape index (κ3) is 4.94. The highest BCUT2D eigenvalue weighted by Gasteiger charge is 2.28. The second-order valence-electron chi connectivity index (χ2n) is 9.65. The molecule has 4 nitrogen and oxygen atoms in total. The molecular formula is C27H29F3N4. The van der Waals surface area contributed by atoms with Crippen molar-refractivity contribution in [1.29, 1.82) is 0 Å². The minimum absolute atomic E-state index is 0.213. The maximum absolute atomic E-state index is 12.7. The lowest BCUT2D eigenvalue weighted by Crippen LogP contribution is -2.39. The lowest BCUT2D eigenvalue weighted by atomic mass is 9.97. The van der Waals surface area contributed by atoms with E-state index in [0.717, 1.165) is 44.3 Å². The fourth-order valence-electron chi connectivity index (χ4n) is 5.18. The van der Waals surface area contributed by atoms with Gasteiger partial charge in [0.1, 0.15) is 12.1 Å². The van der Waals surface area contributed by atoms with Crippen molar-refractivity contribution in [3.63, 3.8) is 0 Å². The molecule has 34 heavy (non-hydrogen) atoms. The van der Waals surface area contributed by atoms with Crippen LogP contribution in [-0.4, -0.2) is 40.2 Å². The summed E-state index contributed by atoms with van der Waals surface area (Å²) in [5, 5.41) is 4.28. The summed E-state index contributed by atoms with van der Waals surface area (Å²) in [6.07, 6.45) is 1.60. The van der Waals surface area contributed by atoms with Gasteiger partial charge in [-0.1, -0.05) is 29.8 Å². The monoisotopic (exact) mass is 466 g/mol. The first kappa shape index (κ1) is 22.8. The Morgan fingerprint density at radius 1 is 1.06 bits per heavy atom. The number of benzene rings is 2. The summed E-state index contributed by atoms with van der Waals surface area (Å²) < 4.78 is 38.2. The van der Waals surface area contributed by atoms with Gasteiger partial charge in [0.2, 0.25) is 0 Å². The molecule has 1 fully saturated rings. The van der Waals surface area contributed by atoms with Crippen molar-refractivity contribution in [2.24, 2.45) is 0 Å². The van der Waals surface area contributed by atoms with Crippen LogP contribution < -0.4 is 5.32 Å². The van der Waals surface area contributed by atoms with E-state index in [9.17, 15) is 13.2 Å². The molecule has 0 radical (unpaired) electrons. The molecule has 1 aromatic heterocycles. The van der Waals surface area contributed by atoms with E-state index in [0.29, 0.717) is 11.3 Å². The molecule has 1 saturated heterocycles. The first-order valence-corrected chi connectivity index (χ1v) is 11.8. The fraction of sp³-hybridized carbons (Fsp3) is 0.407. The molecule has 178 valence electrons. The predicted molar refractivity (Wildman–Crippen MR) is 130 cm³/mol. The van der Waals surface area contributed by atoms with E-state index < -0.39 is 12.6 Å². The Balaban J connectivity index is 1.22. The number of aromatic nitrogens is 2. The quantitative estimate of drug-likeness (QED) is 0.495. The number of hydrogen-bond donors (Lipinski definition) is 1. The van der Waals surface area contributed by atoms with E-state index in [1.54, 1.807) is 6.07 Å². The van der Waals surface area contributed by atoms with E-state index in [1.807, 2.05) is 0 Å². The number of anilines is 1. The van der Waals surface area contributed by atoms with Gasteiger partial charge in [0.05, 0.1) is 11.9 Å². The third-order valence-corrected chi connectivity index (χ3v) is 7.01. The second kappa shape index (κ2) is 9.02. The van der Waals surface area contributed by atoms with Crippen molar-refractivity contribution in [3.05, 3.63) is 70.0 Å². The number of piperidine rings is 1. The zero-order valence-corrected chi connectivity index (χ0v) is 19.5. The molecule has 7 heteroatoms. The molecule has 0 unspecified atom stereocenters. The van der Waals surface area contributed by atoms with E-state index in [1.165, 1.54) is 46.3 Å². The zero-order chi connectivity index (χ0) is 23.9. The summed E-state index contributed by atoms with van der Waals surface area (Å²) in [7, 11) is 0. The van der Waals surface area contributed by atoms with Gasteiger partial charge in [0.15, 0.2) is 0 Å². The number of fused-ring (bicyclic) bond motifs is 2. The van der Waals surface area contributed by atoms with Crippen LogP contribution in [0.15, 0.2) is 42.2 Å². The van der Waals surface area contributed by atoms with Gasteiger partial charge in [-0.05, 0) is 73.1 Å². The van der Waals surface area contributed by atoms with Gasteiger partial charge in [-0.2, -0.15) is 13.2 Å². The molecule has 1 aliphatic heterocycles. The molecule has 5 rings (SSSR count). The molecule has 1 aliphatic carbocycles. The van der Waals surface area contributed by atoms with E-state index in [4.69, 9.17) is 0 Å². The van der Waals surface area contributed by atoms with Gasteiger partial charge in [0.25, 0.3) is 0 Å². The largest absolute Gasteiger partial charge is 0.393 e. The molecule has 0 saturated carbocycles. The van der Waals surface area contributed by atoms with Gasteiger partial charge in [-0.3, -0.25) is 4.90 Å². The minimum Gasteiger partial charge on any atom is -0.367 e. The predicted octanol–water partition coefficient (Wildman–Crippen LogP) is 6.08. The van der Waals surface area contributed by atoms with Gasteiger partial charge in [0, 0.05) is 31.1 Å². The second-order valence-corrected chi connectivity index (χ2v) is 9.65. The molecule has 2 aromatic carbocycles. The van der Waals surface area contributed by atoms with Crippen LogP contribution >= 0.6 is 0 Å². The maximum Gasteiger partial charge on any atom is 0.393 e. The molecule has 0 bridgehead atoms. The van der Waals surface area contributed by atoms with Gasteiger partial charge in [-0.25, -0.2) is 9.97 Å². The number of halogens is 3. The number of allylic oxidation sites excluding steroid dienone is 1. The summed E-state index contributed by atoms with van der Waals surface area (Å²) in [6, 6.07) is 9.55. The molecule has 0 amide bonds. The average Bonchev–Trinajstić information content (AvgIpc) is 3.17. The Labute approximate surface area is 197 Å². The summed E-state index contributed by atoms with van der Waals surface area (Å²) in [5.41, 5.74) is 7.80. The lowest BCUT2D eigenvalue weighted by Gasteiger charge is -2.33. The highest BCUT2D eigenvalue weighted by molar-refractivity contribution is 5.89. The Hall–Kier alpha value is -2.93. The third-order valence-electron chi connectivity index (χ3n) is 7.01. The fourth-order valence-corrected chi connectivity index (χ4v) is 5.18. The molecule has 0 atom stereocenters. The molecule has 3 aromatic rings. The van der Waals surface area contributed by atoms with Crippen LogP contribution in [0.2, 0.25) is 0 Å². The lowest BCUT2D eigenvalue weighted by molar-refractivity contribution is -0.127. The van der Waals surface area contributed by atoms with Crippen LogP contribution in [0, 0.1) is 6.92 Å². The highest BCUT2D eigenvalue weighted by Crippen LogP contribution is 2.31. The van der Waals surface area contributed by atoms with E-state index in [2.05, 4.69) is 52.2 Å². The van der Waals surface area contributed by atoms with Crippen molar-refractivity contribution >= 4 is 22.8 Å². The van der Waals surface area contributed by atoms with Crippen LogP contribution in [0.5, 0.6) is 0 Å². The normalized spacial score (nSPS) is 17.1. The van der Waals surface area contributed by atoms with Gasteiger partial charge < -0.3 is 5.32 Å². The zero-order valence-electron chi connectivity index (χ0n) is 19.5. The number of hydrogen-bond acceptors (Lipinski definition) is 4. The Morgan fingerprint density at radius 3 is 2.62 bits per heavy atom. The SMILES string of the molecule is CC1=Cc2c(ccc(CN3CCC(Nc4ncnc5cc(CC(F)(F)F)ccc45)CC3)c2C)C1. The summed E-state index contributed by atoms with van der Waals surface area (Å²) in [6.45, 7) is 7.36. The number of likely N-dealkylation sites (tertiary alicyclic amines) is 1. The Kier molecular flexibility index (Phi) is 6.06. The van der Waals surface area contributed by atoms with Crippen molar-refractivity contribution in [1.82, 2.24) is 14.9 Å². The molecule has 2 aliphatic rings. The number of nitrogens with zero attached hydrogens (tertiary/aromatic N) is 3. The average molecular weight is 467 g/mol. The van der Waals surface area contributed by atoms with Crippen LogP contribution in [-0.2, 0) is 19.4 Å². The van der Waals surface area contributed by atoms with Crippen molar-refractivity contribution < 1.29 is 13.2 Å². The first-order chi connectivity index (χ1) is 16.2. The molecular weight excluding hydrogens is 437 g/mol. The summed E-state index contributed by atoms with van der Waals surface area (Å²) in [5.74, 6) is 0.693. The van der Waals surface area contributed by atoms with Crippen LogP contribution in [0.3, 0.4) is 0 Å². The van der Waals surface area contributed by atoms with Crippen molar-refractivity contribution in [3.8, 4) is 0 Å². The summed E-state index contributed by atoms with van der Waals surface area (Å²) in [4.78, 5) is 11.1. The summed E-state index contributed by atoms with van der Waals surface area (Å²) >= 11 is 0. The first-order valence-electron chi connectivity index (χ1n) is 11.8. The smallest absolute Gasteiger partial charge is 0.367 e. The van der Waals surface area contributed by atoms with E-state index >= 15 is 0 Å². The number of alkyl halides is 3. The highest BCUT2D eigenvalue weighted by atomic mass is 19.4. The Bertz CT molecular complexity index is 1240. The maximum atomic E-state index is 12.7. The van der Waals surface area contributed by atoms with Crippen molar-refractivity contribution in [2.75, 3.05) is 18.4 Å². The van der Waals surface area contributed by atoms with Crippen LogP contribution in [0.4, 0.5) is 19.0 Å². The topological polar surface area (TPSA) is 41.0 Å². The minimum atomic E-state index is -4.23. The Morgan fingerprint density at radius 2 is 1.85 bits per heavy atom. The van der Waals surface area contributed by atoms with Crippen LogP contribution in [0.1, 0.15) is 47.6 Å². The van der Waals surface area contributed by atoms with E-state index in [-0.39, 0.29) is 11.6 Å². The molecule has 1 N–H and O–H groups in total. The van der Waals surface area contributed by atoms with Crippen LogP contribution in [0.25, 0.3) is 17.0 Å². The standard InChI is InChI=1S/C27H29F3N4/c1-17-11-20-4-5-21(18(2)24(20)12-17)15-34-9-7-22(8-10-34)33-26-23-6-3-19(14-27(28,29)30)13-25(23)31-16-32-26/h3-6,12-13,16,22H,7-11,14-15H2,1-2H3,(H,31,32,33). The number of nitrogens with one attached hydrogen (secondary N) is 1. The van der Waals surface area contributed by atoms with Gasteiger partial charge in [-0.15, -0.1) is 0 Å². The number of rotatable bonds is 5. The van der Waals surface area contributed by atoms with Crippen molar-refractivity contribution in [2.45, 2.75) is 58.3 Å². The van der Waals surface area contributed by atoms with Gasteiger partial charge >= 0.3 is 6.18 Å². The molecule has 2 heterocycles.